The van der Waals surface area contributed by atoms with Gasteiger partial charge in [-0.1, -0.05) is 140 Å². The summed E-state index contributed by atoms with van der Waals surface area (Å²) in [5.74, 6) is 0. The van der Waals surface area contributed by atoms with E-state index in [1.807, 2.05) is 17.5 Å². The van der Waals surface area contributed by atoms with Crippen LogP contribution >= 0.6 is 11.3 Å². The average Bonchev–Trinajstić information content (AvgIpc) is 3.94. The molecule has 4 heteroatoms. The van der Waals surface area contributed by atoms with Gasteiger partial charge in [-0.2, -0.15) is 0 Å². The largest absolute Gasteiger partial charge is 0.309 e. The van der Waals surface area contributed by atoms with Crippen LogP contribution in [0.5, 0.6) is 0 Å². The van der Waals surface area contributed by atoms with Gasteiger partial charge in [-0.25, -0.2) is 0 Å². The Balaban J connectivity index is 1.26. The quantitative estimate of drug-likeness (QED) is 0.172. The van der Waals surface area contributed by atoms with Gasteiger partial charge in [0.05, 0.1) is 32.5 Å². The van der Waals surface area contributed by atoms with Crippen molar-refractivity contribution in [2.45, 2.75) is 0 Å². The summed E-state index contributed by atoms with van der Waals surface area (Å²) >= 11 is 1.83. The predicted molar refractivity (Wildman–Crippen MR) is 242 cm³/mol. The second kappa shape index (κ2) is 12.6. The Morgan fingerprint density at radius 2 is 0.965 bits per heavy atom. The Labute approximate surface area is 333 Å². The maximum atomic E-state index is 5.05. The first-order valence-electron chi connectivity index (χ1n) is 19.4. The van der Waals surface area contributed by atoms with Gasteiger partial charge < -0.3 is 9.13 Å². The molecule has 0 saturated carbocycles. The SMILES string of the molecule is c1ccc(-c2ccc3c4c5c6ccc(-c7nccc8c7sc7ccccc78)cc6n(-c6ccccc6)c5cc(-c5ccccc5)c4n(-c4ccccc4)c3c2)cc1. The molecule has 3 nitrogen and oxygen atoms in total. The molecule has 0 aliphatic heterocycles. The minimum Gasteiger partial charge on any atom is -0.309 e. The molecule has 4 heterocycles. The molecule has 0 aliphatic rings. The van der Waals surface area contributed by atoms with E-state index in [1.54, 1.807) is 0 Å². The van der Waals surface area contributed by atoms with Crippen molar-refractivity contribution in [1.82, 2.24) is 14.1 Å². The van der Waals surface area contributed by atoms with E-state index < -0.39 is 0 Å². The Morgan fingerprint density at radius 1 is 0.386 bits per heavy atom. The Bertz CT molecular complexity index is 3490. The summed E-state index contributed by atoms with van der Waals surface area (Å²) in [5.41, 5.74) is 13.9. The third-order valence-electron chi connectivity index (χ3n) is 11.5. The van der Waals surface area contributed by atoms with Crippen LogP contribution < -0.4 is 0 Å². The smallest absolute Gasteiger partial charge is 0.0881 e. The van der Waals surface area contributed by atoms with E-state index in [4.69, 9.17) is 4.98 Å². The van der Waals surface area contributed by atoms with Crippen molar-refractivity contribution in [3.05, 3.63) is 200 Å². The van der Waals surface area contributed by atoms with Crippen molar-refractivity contribution in [2.24, 2.45) is 0 Å². The summed E-state index contributed by atoms with van der Waals surface area (Å²) < 4.78 is 7.46. The second-order valence-electron chi connectivity index (χ2n) is 14.7. The van der Waals surface area contributed by atoms with Crippen molar-refractivity contribution in [2.75, 3.05) is 0 Å². The molecule has 0 saturated heterocycles. The maximum Gasteiger partial charge on any atom is 0.0881 e. The zero-order valence-corrected chi connectivity index (χ0v) is 31.6. The molecule has 0 amide bonds. The number of fused-ring (bicyclic) bond motifs is 10. The topological polar surface area (TPSA) is 22.8 Å². The molecule has 0 N–H and O–H groups in total. The minimum absolute atomic E-state index is 1.02. The van der Waals surface area contributed by atoms with Gasteiger partial charge in [0.2, 0.25) is 0 Å². The van der Waals surface area contributed by atoms with E-state index in [9.17, 15) is 0 Å². The van der Waals surface area contributed by atoms with E-state index in [-0.39, 0.29) is 0 Å². The molecule has 0 unspecified atom stereocenters. The lowest BCUT2D eigenvalue weighted by Crippen LogP contribution is -1.97. The van der Waals surface area contributed by atoms with Gasteiger partial charge in [0, 0.05) is 65.7 Å². The van der Waals surface area contributed by atoms with Crippen LogP contribution in [0.4, 0.5) is 0 Å². The molecular formula is C53H33N3S. The summed E-state index contributed by atoms with van der Waals surface area (Å²) in [6.07, 6.45) is 1.96. The number of benzene rings is 8. The van der Waals surface area contributed by atoms with Gasteiger partial charge in [0.15, 0.2) is 0 Å². The molecule has 0 spiro atoms. The first-order valence-corrected chi connectivity index (χ1v) is 20.2. The normalized spacial score (nSPS) is 11.9. The molecule has 57 heavy (non-hydrogen) atoms. The van der Waals surface area contributed by atoms with Crippen LogP contribution in [0.1, 0.15) is 0 Å². The third kappa shape index (κ3) is 4.88. The van der Waals surface area contributed by atoms with E-state index in [0.717, 1.165) is 28.1 Å². The predicted octanol–water partition coefficient (Wildman–Crippen LogP) is 14.6. The monoisotopic (exact) mass is 743 g/mol. The van der Waals surface area contributed by atoms with Gasteiger partial charge in [-0.15, -0.1) is 11.3 Å². The number of hydrogen-bond donors (Lipinski definition) is 0. The summed E-state index contributed by atoms with van der Waals surface area (Å²) in [6.45, 7) is 0. The van der Waals surface area contributed by atoms with Crippen molar-refractivity contribution in [1.29, 1.82) is 0 Å². The summed E-state index contributed by atoms with van der Waals surface area (Å²) in [4.78, 5) is 5.05. The molecule has 266 valence electrons. The van der Waals surface area contributed by atoms with Crippen LogP contribution in [0.2, 0.25) is 0 Å². The van der Waals surface area contributed by atoms with Crippen LogP contribution in [0.15, 0.2) is 200 Å². The van der Waals surface area contributed by atoms with Crippen molar-refractivity contribution in [3.63, 3.8) is 0 Å². The maximum absolute atomic E-state index is 5.05. The molecule has 0 fully saturated rings. The number of aromatic nitrogens is 3. The molecule has 4 aromatic heterocycles. The highest BCUT2D eigenvalue weighted by molar-refractivity contribution is 7.26. The lowest BCUT2D eigenvalue weighted by molar-refractivity contribution is 1.17. The minimum atomic E-state index is 1.02. The molecule has 0 radical (unpaired) electrons. The zero-order valence-electron chi connectivity index (χ0n) is 30.8. The van der Waals surface area contributed by atoms with Gasteiger partial charge >= 0.3 is 0 Å². The van der Waals surface area contributed by atoms with Crippen LogP contribution in [0.25, 0.3) is 109 Å². The molecular weight excluding hydrogens is 711 g/mol. The van der Waals surface area contributed by atoms with Gasteiger partial charge in [0.1, 0.15) is 0 Å². The number of para-hydroxylation sites is 2. The van der Waals surface area contributed by atoms with Crippen LogP contribution in [0.3, 0.4) is 0 Å². The number of rotatable bonds is 5. The highest BCUT2D eigenvalue weighted by atomic mass is 32.1. The highest BCUT2D eigenvalue weighted by Gasteiger charge is 2.25. The number of hydrogen-bond acceptors (Lipinski definition) is 2. The molecule has 0 aliphatic carbocycles. The van der Waals surface area contributed by atoms with Gasteiger partial charge in [-0.3, -0.25) is 4.98 Å². The Morgan fingerprint density at radius 3 is 1.70 bits per heavy atom. The summed E-state index contributed by atoms with van der Waals surface area (Å²) in [5, 5.41) is 7.47. The molecule has 0 bridgehead atoms. The zero-order chi connectivity index (χ0) is 37.5. The number of thiophene rings is 1. The third-order valence-corrected chi connectivity index (χ3v) is 12.7. The average molecular weight is 744 g/mol. The lowest BCUT2D eigenvalue weighted by atomic mass is 9.96. The molecule has 12 rings (SSSR count). The van der Waals surface area contributed by atoms with E-state index >= 15 is 0 Å². The first-order chi connectivity index (χ1) is 28.3. The standard InChI is InChI=1S/C53H33N3S/c1-5-15-34(16-6-1)36-25-27-43-46(31-36)56(39-21-11-4-12-22-39)52-44(35-17-7-2-8-18-35)33-47-49(50(43)52)42-28-26-37(32-45(42)55(47)38-19-9-3-10-20-38)51-53-41(29-30-54-51)40-23-13-14-24-48(40)57-53/h1-33H. The fraction of sp³-hybridized carbons (Fsp3) is 0. The highest BCUT2D eigenvalue weighted by Crippen LogP contribution is 2.48. The van der Waals surface area contributed by atoms with Crippen LogP contribution in [0, 0.1) is 0 Å². The Kier molecular flexibility index (Phi) is 7.10. The van der Waals surface area contributed by atoms with Crippen LogP contribution in [-0.2, 0) is 0 Å². The van der Waals surface area contributed by atoms with Crippen molar-refractivity contribution < 1.29 is 0 Å². The first kappa shape index (κ1) is 32.0. The number of pyridine rings is 1. The Hall–Kier alpha value is -7.27. The van der Waals surface area contributed by atoms with E-state index in [1.165, 1.54) is 80.5 Å². The van der Waals surface area contributed by atoms with E-state index in [2.05, 4.69) is 203 Å². The fourth-order valence-electron chi connectivity index (χ4n) is 9.06. The van der Waals surface area contributed by atoms with Gasteiger partial charge in [0.25, 0.3) is 0 Å². The van der Waals surface area contributed by atoms with Crippen molar-refractivity contribution >= 4 is 75.1 Å². The summed E-state index contributed by atoms with van der Waals surface area (Å²) in [7, 11) is 0. The molecule has 8 aromatic carbocycles. The molecule has 12 aromatic rings. The van der Waals surface area contributed by atoms with Crippen molar-refractivity contribution in [3.8, 4) is 44.9 Å². The molecule has 0 atom stereocenters. The lowest BCUT2D eigenvalue weighted by Gasteiger charge is -2.14. The van der Waals surface area contributed by atoms with E-state index in [0.29, 0.717) is 0 Å². The second-order valence-corrected chi connectivity index (χ2v) is 15.8. The van der Waals surface area contributed by atoms with Crippen LogP contribution in [-0.4, -0.2) is 14.1 Å². The summed E-state index contributed by atoms with van der Waals surface area (Å²) in [6, 6.07) is 70.5. The fourth-order valence-corrected chi connectivity index (χ4v) is 10.3. The van der Waals surface area contributed by atoms with Gasteiger partial charge in [-0.05, 0) is 71.3 Å². The number of nitrogens with zero attached hydrogens (tertiary/aromatic N) is 3.